The van der Waals surface area contributed by atoms with Crippen LogP contribution in [0.4, 0.5) is 0 Å². The largest absolute Gasteiger partial charge is 0.494 e. The van der Waals surface area contributed by atoms with Crippen molar-refractivity contribution in [2.24, 2.45) is 0 Å². The Hall–Kier alpha value is -1.06. The zero-order valence-corrected chi connectivity index (χ0v) is 12.4. The number of nitrogens with zero attached hydrogens (tertiary/aromatic N) is 1. The quantitative estimate of drug-likeness (QED) is 0.883. The minimum atomic E-state index is 0.651. The molecule has 1 N–H and O–H groups in total. The Labute approximate surface area is 116 Å². The Balaban J connectivity index is 1.79. The molecule has 2 rings (SSSR count). The molecule has 1 saturated heterocycles. The normalized spacial score (nSPS) is 24.4. The van der Waals surface area contributed by atoms with Crippen LogP contribution in [0, 0.1) is 0 Å². The number of hydrogen-bond acceptors (Lipinski definition) is 3. The van der Waals surface area contributed by atoms with Crippen LogP contribution < -0.4 is 10.1 Å². The predicted molar refractivity (Wildman–Crippen MR) is 79.6 cm³/mol. The van der Waals surface area contributed by atoms with Crippen LogP contribution in [0.2, 0.25) is 0 Å². The summed E-state index contributed by atoms with van der Waals surface area (Å²) in [6.07, 6.45) is 2.49. The first-order chi connectivity index (χ1) is 9.19. The summed E-state index contributed by atoms with van der Waals surface area (Å²) in [5.74, 6) is 0.958. The van der Waals surface area contributed by atoms with Crippen molar-refractivity contribution < 1.29 is 4.74 Å². The van der Waals surface area contributed by atoms with Crippen LogP contribution in [0.15, 0.2) is 24.3 Å². The van der Waals surface area contributed by atoms with Crippen LogP contribution >= 0.6 is 0 Å². The first-order valence-corrected chi connectivity index (χ1v) is 7.34. The molecule has 1 aromatic rings. The van der Waals surface area contributed by atoms with Gasteiger partial charge in [-0.05, 0) is 58.0 Å². The van der Waals surface area contributed by atoms with Crippen LogP contribution in [0.1, 0.15) is 32.3 Å². The second-order valence-electron chi connectivity index (χ2n) is 5.51. The second kappa shape index (κ2) is 6.92. The molecule has 1 aliphatic rings. The van der Waals surface area contributed by atoms with E-state index in [4.69, 9.17) is 4.74 Å². The fourth-order valence-electron chi connectivity index (χ4n) is 2.61. The van der Waals surface area contributed by atoms with Gasteiger partial charge in [-0.2, -0.15) is 0 Å². The maximum absolute atomic E-state index is 5.46. The third kappa shape index (κ3) is 4.22. The number of piperidine rings is 1. The highest BCUT2D eigenvalue weighted by atomic mass is 16.5. The van der Waals surface area contributed by atoms with E-state index >= 15 is 0 Å². The summed E-state index contributed by atoms with van der Waals surface area (Å²) >= 11 is 0. The number of ether oxygens (including phenoxy) is 1. The van der Waals surface area contributed by atoms with Crippen molar-refractivity contribution in [1.29, 1.82) is 0 Å². The number of nitrogens with one attached hydrogen (secondary N) is 1. The van der Waals surface area contributed by atoms with Crippen molar-refractivity contribution >= 4 is 0 Å². The second-order valence-corrected chi connectivity index (χ2v) is 5.51. The van der Waals surface area contributed by atoms with Gasteiger partial charge in [0.25, 0.3) is 0 Å². The molecule has 0 aromatic heterocycles. The van der Waals surface area contributed by atoms with Crippen molar-refractivity contribution in [3.8, 4) is 5.75 Å². The molecule has 0 bridgehead atoms. The van der Waals surface area contributed by atoms with Gasteiger partial charge < -0.3 is 15.0 Å². The smallest absolute Gasteiger partial charge is 0.119 e. The van der Waals surface area contributed by atoms with E-state index in [1.54, 1.807) is 0 Å². The van der Waals surface area contributed by atoms with E-state index in [0.29, 0.717) is 12.1 Å². The molecule has 106 valence electrons. The van der Waals surface area contributed by atoms with E-state index in [9.17, 15) is 0 Å². The monoisotopic (exact) mass is 262 g/mol. The van der Waals surface area contributed by atoms with Gasteiger partial charge in [0.05, 0.1) is 6.61 Å². The summed E-state index contributed by atoms with van der Waals surface area (Å²) < 4.78 is 5.46. The average molecular weight is 262 g/mol. The van der Waals surface area contributed by atoms with E-state index in [0.717, 1.165) is 18.9 Å². The summed E-state index contributed by atoms with van der Waals surface area (Å²) in [5.41, 5.74) is 1.33. The number of likely N-dealkylation sites (tertiary alicyclic amines) is 1. The zero-order chi connectivity index (χ0) is 13.7. The van der Waals surface area contributed by atoms with Gasteiger partial charge in [-0.3, -0.25) is 0 Å². The van der Waals surface area contributed by atoms with Gasteiger partial charge in [-0.15, -0.1) is 0 Å². The molecule has 1 aliphatic heterocycles. The minimum Gasteiger partial charge on any atom is -0.494 e. The van der Waals surface area contributed by atoms with Gasteiger partial charge in [0.2, 0.25) is 0 Å². The summed E-state index contributed by atoms with van der Waals surface area (Å²) in [4.78, 5) is 2.44. The van der Waals surface area contributed by atoms with Crippen LogP contribution in [-0.4, -0.2) is 37.2 Å². The van der Waals surface area contributed by atoms with Gasteiger partial charge in [-0.1, -0.05) is 12.1 Å². The molecule has 1 heterocycles. The van der Waals surface area contributed by atoms with Gasteiger partial charge in [0, 0.05) is 18.6 Å². The molecule has 3 heteroatoms. The SMILES string of the molecule is CCOc1ccc(CNC2CCN(C)C(C)C2)cc1. The van der Waals surface area contributed by atoms with E-state index in [-0.39, 0.29) is 0 Å². The molecule has 0 saturated carbocycles. The fraction of sp³-hybridized carbons (Fsp3) is 0.625. The van der Waals surface area contributed by atoms with Crippen LogP contribution in [-0.2, 0) is 6.54 Å². The highest BCUT2D eigenvalue weighted by Gasteiger charge is 2.21. The van der Waals surface area contributed by atoms with E-state index in [2.05, 4.69) is 48.5 Å². The summed E-state index contributed by atoms with van der Waals surface area (Å²) in [6, 6.07) is 9.74. The first-order valence-electron chi connectivity index (χ1n) is 7.34. The van der Waals surface area contributed by atoms with Crippen molar-refractivity contribution in [3.05, 3.63) is 29.8 Å². The molecule has 19 heavy (non-hydrogen) atoms. The first kappa shape index (κ1) is 14.4. The number of rotatable bonds is 5. The van der Waals surface area contributed by atoms with Gasteiger partial charge >= 0.3 is 0 Å². The average Bonchev–Trinajstić information content (AvgIpc) is 2.42. The van der Waals surface area contributed by atoms with E-state index in [1.807, 2.05) is 6.92 Å². The third-order valence-corrected chi connectivity index (χ3v) is 4.04. The highest BCUT2D eigenvalue weighted by molar-refractivity contribution is 5.27. The minimum absolute atomic E-state index is 0.651. The van der Waals surface area contributed by atoms with Crippen LogP contribution in [0.25, 0.3) is 0 Å². The fourth-order valence-corrected chi connectivity index (χ4v) is 2.61. The van der Waals surface area contributed by atoms with Crippen molar-refractivity contribution in [1.82, 2.24) is 10.2 Å². The standard InChI is InChI=1S/C16H26N2O/c1-4-19-16-7-5-14(6-8-16)12-17-15-9-10-18(3)13(2)11-15/h5-8,13,15,17H,4,9-12H2,1-3H3. The van der Waals surface area contributed by atoms with Gasteiger partial charge in [0.1, 0.15) is 5.75 Å². The lowest BCUT2D eigenvalue weighted by Crippen LogP contribution is -2.45. The number of benzene rings is 1. The molecule has 0 spiro atoms. The van der Waals surface area contributed by atoms with Crippen LogP contribution in [0.3, 0.4) is 0 Å². The zero-order valence-electron chi connectivity index (χ0n) is 12.4. The molecule has 0 amide bonds. The van der Waals surface area contributed by atoms with Crippen molar-refractivity contribution in [3.63, 3.8) is 0 Å². The lowest BCUT2D eigenvalue weighted by molar-refractivity contribution is 0.168. The van der Waals surface area contributed by atoms with Gasteiger partial charge in [0.15, 0.2) is 0 Å². The molecule has 1 aromatic carbocycles. The van der Waals surface area contributed by atoms with E-state index in [1.165, 1.54) is 24.9 Å². The molecule has 1 fully saturated rings. The Kier molecular flexibility index (Phi) is 5.23. The Morgan fingerprint density at radius 1 is 1.32 bits per heavy atom. The van der Waals surface area contributed by atoms with Gasteiger partial charge in [-0.25, -0.2) is 0 Å². The summed E-state index contributed by atoms with van der Waals surface area (Å²) in [6.45, 7) is 7.20. The number of hydrogen-bond donors (Lipinski definition) is 1. The maximum Gasteiger partial charge on any atom is 0.119 e. The Bertz CT molecular complexity index is 377. The summed E-state index contributed by atoms with van der Waals surface area (Å²) in [5, 5.41) is 3.67. The third-order valence-electron chi connectivity index (χ3n) is 4.04. The molecule has 3 nitrogen and oxygen atoms in total. The Morgan fingerprint density at radius 3 is 2.68 bits per heavy atom. The molecule has 2 atom stereocenters. The maximum atomic E-state index is 5.46. The molecular formula is C16H26N2O. The lowest BCUT2D eigenvalue weighted by atomic mass is 9.99. The van der Waals surface area contributed by atoms with Crippen molar-refractivity contribution in [2.45, 2.75) is 45.3 Å². The molecule has 2 unspecified atom stereocenters. The summed E-state index contributed by atoms with van der Waals surface area (Å²) in [7, 11) is 2.22. The lowest BCUT2D eigenvalue weighted by Gasteiger charge is -2.35. The van der Waals surface area contributed by atoms with Crippen LogP contribution in [0.5, 0.6) is 5.75 Å². The molecule has 0 aliphatic carbocycles. The predicted octanol–water partition coefficient (Wildman–Crippen LogP) is 2.66. The van der Waals surface area contributed by atoms with E-state index < -0.39 is 0 Å². The topological polar surface area (TPSA) is 24.5 Å². The molecule has 0 radical (unpaired) electrons. The van der Waals surface area contributed by atoms with Crippen molar-refractivity contribution in [2.75, 3.05) is 20.2 Å². The molecular weight excluding hydrogens is 236 g/mol. The Morgan fingerprint density at radius 2 is 2.05 bits per heavy atom. The highest BCUT2D eigenvalue weighted by Crippen LogP contribution is 2.16.